The van der Waals surface area contributed by atoms with Crippen LogP contribution in [0.2, 0.25) is 0 Å². The molecule has 0 bridgehead atoms. The lowest BCUT2D eigenvalue weighted by molar-refractivity contribution is -0.140. The number of benzene rings is 1. The minimum absolute atomic E-state index is 0.0384. The van der Waals surface area contributed by atoms with E-state index >= 15 is 0 Å². The molecule has 8 heteroatoms. The molecule has 0 spiro atoms. The van der Waals surface area contributed by atoms with Gasteiger partial charge in [-0.2, -0.15) is 0 Å². The number of pyridine rings is 1. The monoisotopic (exact) mass is 464 g/mol. The molecule has 1 amide bonds. The van der Waals surface area contributed by atoms with Crippen molar-refractivity contribution in [1.29, 1.82) is 0 Å². The average molecular weight is 465 g/mol. The lowest BCUT2D eigenvalue weighted by Crippen LogP contribution is -2.28. The minimum atomic E-state index is -0.730. The molecule has 1 aliphatic rings. The van der Waals surface area contributed by atoms with Gasteiger partial charge < -0.3 is 19.5 Å². The number of hydrogen-bond acceptors (Lipinski definition) is 7. The van der Waals surface area contributed by atoms with Crippen molar-refractivity contribution in [2.24, 2.45) is 0 Å². The van der Waals surface area contributed by atoms with Gasteiger partial charge in [0.05, 0.1) is 30.4 Å². The molecule has 7 nitrogen and oxygen atoms in total. The number of likely N-dealkylation sites (tertiary alicyclic amines) is 1. The fourth-order valence-corrected chi connectivity index (χ4v) is 4.69. The van der Waals surface area contributed by atoms with E-state index in [4.69, 9.17) is 9.47 Å². The van der Waals surface area contributed by atoms with Crippen LogP contribution in [-0.2, 0) is 16.1 Å². The molecule has 1 fully saturated rings. The van der Waals surface area contributed by atoms with Crippen LogP contribution in [0.25, 0.3) is 5.76 Å². The fraction of sp³-hybridized carbons (Fsp3) is 0.240. The summed E-state index contributed by atoms with van der Waals surface area (Å²) in [5.41, 5.74) is 1.16. The maximum absolute atomic E-state index is 13.2. The Morgan fingerprint density at radius 2 is 1.94 bits per heavy atom. The minimum Gasteiger partial charge on any atom is -0.507 e. The van der Waals surface area contributed by atoms with Crippen molar-refractivity contribution in [3.63, 3.8) is 0 Å². The summed E-state index contributed by atoms with van der Waals surface area (Å²) in [5.74, 6) is -0.700. The number of carbonyl (C=O) groups is 2. The van der Waals surface area contributed by atoms with Crippen LogP contribution in [0.4, 0.5) is 0 Å². The summed E-state index contributed by atoms with van der Waals surface area (Å²) in [6.45, 7) is 4.74. The highest BCUT2D eigenvalue weighted by Gasteiger charge is 2.46. The zero-order valence-corrected chi connectivity index (χ0v) is 19.2. The molecule has 3 aromatic rings. The van der Waals surface area contributed by atoms with E-state index in [0.29, 0.717) is 30.3 Å². The summed E-state index contributed by atoms with van der Waals surface area (Å²) in [7, 11) is 0. The molecule has 1 aliphatic heterocycles. The number of Topliss-reactive ketones (excluding diaryl/α,β-unsaturated/α-hetero) is 1. The normalized spacial score (nSPS) is 17.4. The van der Waals surface area contributed by atoms with E-state index in [2.05, 4.69) is 4.98 Å². The molecule has 33 heavy (non-hydrogen) atoms. The number of hydrogen-bond donors (Lipinski definition) is 1. The summed E-state index contributed by atoms with van der Waals surface area (Å²) in [6.07, 6.45) is 3.31. The van der Waals surface area contributed by atoms with Crippen LogP contribution in [0.15, 0.2) is 65.8 Å². The molecular formula is C25H24N2O5S. The van der Waals surface area contributed by atoms with Crippen molar-refractivity contribution in [3.05, 3.63) is 81.8 Å². The first-order valence-electron chi connectivity index (χ1n) is 10.7. The van der Waals surface area contributed by atoms with Gasteiger partial charge in [0.1, 0.15) is 17.3 Å². The summed E-state index contributed by atoms with van der Waals surface area (Å²) >= 11 is 1.42. The van der Waals surface area contributed by atoms with Crippen molar-refractivity contribution >= 4 is 28.8 Å². The van der Waals surface area contributed by atoms with Crippen LogP contribution in [0.3, 0.4) is 0 Å². The SMILES string of the molecule is CCOc1ccc(/C(O)=C2/C(=O)C(=O)N(Cc3cccnc3)C2c2cccs2)c(OCC)c1. The molecule has 2 aromatic heterocycles. The predicted molar refractivity (Wildman–Crippen MR) is 125 cm³/mol. The van der Waals surface area contributed by atoms with Gasteiger partial charge in [-0.1, -0.05) is 12.1 Å². The van der Waals surface area contributed by atoms with Crippen LogP contribution < -0.4 is 9.47 Å². The van der Waals surface area contributed by atoms with E-state index in [0.717, 1.165) is 10.4 Å². The number of ketones is 1. The van der Waals surface area contributed by atoms with Crippen LogP contribution in [0.1, 0.15) is 35.9 Å². The van der Waals surface area contributed by atoms with Gasteiger partial charge >= 0.3 is 0 Å². The van der Waals surface area contributed by atoms with Crippen LogP contribution in [0.5, 0.6) is 11.5 Å². The molecule has 1 N–H and O–H groups in total. The van der Waals surface area contributed by atoms with Gasteiger partial charge in [-0.05, 0) is 49.1 Å². The van der Waals surface area contributed by atoms with Gasteiger partial charge in [-0.3, -0.25) is 14.6 Å². The Kier molecular flexibility index (Phi) is 6.74. The number of ether oxygens (including phenoxy) is 2. The smallest absolute Gasteiger partial charge is 0.295 e. The Hall–Kier alpha value is -3.65. The second-order valence-corrected chi connectivity index (χ2v) is 8.31. The lowest BCUT2D eigenvalue weighted by atomic mass is 9.99. The third-order valence-corrected chi connectivity index (χ3v) is 6.17. The second kappa shape index (κ2) is 9.87. The molecule has 0 radical (unpaired) electrons. The molecule has 0 saturated carbocycles. The number of amides is 1. The average Bonchev–Trinajstić information content (AvgIpc) is 3.43. The number of aromatic nitrogens is 1. The van der Waals surface area contributed by atoms with E-state index in [-0.39, 0.29) is 17.9 Å². The molecule has 1 aromatic carbocycles. The van der Waals surface area contributed by atoms with Crippen LogP contribution in [0, 0.1) is 0 Å². The third kappa shape index (κ3) is 4.47. The van der Waals surface area contributed by atoms with Crippen molar-refractivity contribution in [2.75, 3.05) is 13.2 Å². The number of carbonyl (C=O) groups excluding carboxylic acids is 2. The number of nitrogens with zero attached hydrogens (tertiary/aromatic N) is 2. The van der Waals surface area contributed by atoms with Gasteiger partial charge in [-0.25, -0.2) is 0 Å². The van der Waals surface area contributed by atoms with E-state index in [1.807, 2.05) is 37.4 Å². The Balaban J connectivity index is 1.84. The zero-order chi connectivity index (χ0) is 23.4. The highest BCUT2D eigenvalue weighted by molar-refractivity contribution is 7.10. The molecular weight excluding hydrogens is 440 g/mol. The first kappa shape index (κ1) is 22.5. The summed E-state index contributed by atoms with van der Waals surface area (Å²) in [5, 5.41) is 13.2. The highest BCUT2D eigenvalue weighted by atomic mass is 32.1. The lowest BCUT2D eigenvalue weighted by Gasteiger charge is -2.24. The molecule has 170 valence electrons. The van der Waals surface area contributed by atoms with Crippen molar-refractivity contribution in [3.8, 4) is 11.5 Å². The van der Waals surface area contributed by atoms with Gasteiger partial charge in [-0.15, -0.1) is 11.3 Å². The highest BCUT2D eigenvalue weighted by Crippen LogP contribution is 2.43. The predicted octanol–water partition coefficient (Wildman–Crippen LogP) is 4.56. The number of rotatable bonds is 8. The van der Waals surface area contributed by atoms with Crippen molar-refractivity contribution in [2.45, 2.75) is 26.4 Å². The number of thiophene rings is 1. The quantitative estimate of drug-likeness (QED) is 0.299. The molecule has 1 saturated heterocycles. The van der Waals surface area contributed by atoms with Gasteiger partial charge in [0.15, 0.2) is 0 Å². The first-order valence-corrected chi connectivity index (χ1v) is 11.5. The maximum Gasteiger partial charge on any atom is 0.295 e. The molecule has 1 atom stereocenters. The Morgan fingerprint density at radius 1 is 1.12 bits per heavy atom. The van der Waals surface area contributed by atoms with Gasteiger partial charge in [0, 0.05) is 29.9 Å². The zero-order valence-electron chi connectivity index (χ0n) is 18.4. The summed E-state index contributed by atoms with van der Waals surface area (Å²) in [6, 6.07) is 11.6. The van der Waals surface area contributed by atoms with Crippen LogP contribution >= 0.6 is 11.3 Å². The summed E-state index contributed by atoms with van der Waals surface area (Å²) < 4.78 is 11.3. The van der Waals surface area contributed by atoms with E-state index in [9.17, 15) is 14.7 Å². The Morgan fingerprint density at radius 3 is 2.61 bits per heavy atom. The summed E-state index contributed by atoms with van der Waals surface area (Å²) in [4.78, 5) is 32.6. The van der Waals surface area contributed by atoms with E-state index in [1.54, 1.807) is 36.7 Å². The van der Waals surface area contributed by atoms with Crippen LogP contribution in [-0.4, -0.2) is 39.9 Å². The number of aliphatic hydroxyl groups is 1. The molecule has 3 heterocycles. The second-order valence-electron chi connectivity index (χ2n) is 7.33. The molecule has 1 unspecified atom stereocenters. The van der Waals surface area contributed by atoms with Crippen molar-refractivity contribution in [1.82, 2.24) is 9.88 Å². The van der Waals surface area contributed by atoms with E-state index < -0.39 is 17.7 Å². The third-order valence-electron chi connectivity index (χ3n) is 5.25. The Labute approximate surface area is 195 Å². The number of aliphatic hydroxyl groups excluding tert-OH is 1. The maximum atomic E-state index is 13.2. The standard InChI is InChI=1S/C25H24N2O5S/c1-3-31-17-9-10-18(19(13-17)32-4-2)23(28)21-22(20-8-6-12-33-20)27(25(30)24(21)29)15-16-7-5-11-26-14-16/h5-14,22,28H,3-4,15H2,1-2H3/b23-21-. The largest absolute Gasteiger partial charge is 0.507 e. The Bertz CT molecular complexity index is 1170. The topological polar surface area (TPSA) is 89.0 Å². The van der Waals surface area contributed by atoms with Crippen molar-refractivity contribution < 1.29 is 24.2 Å². The van der Waals surface area contributed by atoms with Gasteiger partial charge in [0.25, 0.3) is 11.7 Å². The molecule has 0 aliphatic carbocycles. The first-order chi connectivity index (χ1) is 16.0. The molecule has 4 rings (SSSR count). The fourth-order valence-electron chi connectivity index (χ4n) is 3.85. The van der Waals surface area contributed by atoms with E-state index in [1.165, 1.54) is 16.2 Å². The van der Waals surface area contributed by atoms with Gasteiger partial charge in [0.2, 0.25) is 0 Å².